The summed E-state index contributed by atoms with van der Waals surface area (Å²) in [5.74, 6) is 0.376. The molecule has 3 aromatic carbocycles. The number of aromatic nitrogens is 2. The Morgan fingerprint density at radius 1 is 0.931 bits per heavy atom. The zero-order chi connectivity index (χ0) is 20.1. The number of aliphatic imine (C=N–C) groups is 1. The molecule has 142 valence electrons. The molecule has 0 fully saturated rings. The first-order chi connectivity index (χ1) is 14.3. The number of hydrogen-bond donors (Lipinski definition) is 0. The zero-order valence-corrected chi connectivity index (χ0v) is 15.9. The van der Waals surface area contributed by atoms with Crippen LogP contribution in [0.1, 0.15) is 15.9 Å². The number of nitrogens with zero attached hydrogens (tertiary/aromatic N) is 3. The van der Waals surface area contributed by atoms with Crippen LogP contribution in [0.5, 0.6) is 0 Å². The summed E-state index contributed by atoms with van der Waals surface area (Å²) in [5.41, 5.74) is 4.30. The molecule has 0 amide bonds. The average Bonchev–Trinajstić information content (AvgIpc) is 3.22. The van der Waals surface area contributed by atoms with Crippen molar-refractivity contribution in [3.8, 4) is 16.8 Å². The molecule has 1 aromatic heterocycles. The van der Waals surface area contributed by atoms with Gasteiger partial charge in [-0.1, -0.05) is 60.7 Å². The van der Waals surface area contributed by atoms with Crippen LogP contribution in [-0.4, -0.2) is 29.1 Å². The SMILES string of the molecule is COC(=O)c1ccc(/C=N/c2c(-c3ccccc3)cnn2-c2ccccc2)cc1. The fourth-order valence-electron chi connectivity index (χ4n) is 3.00. The first kappa shape index (κ1) is 18.4. The Morgan fingerprint density at radius 3 is 2.24 bits per heavy atom. The van der Waals surface area contributed by atoms with Gasteiger partial charge in [0.15, 0.2) is 5.82 Å². The van der Waals surface area contributed by atoms with Crippen LogP contribution in [0.4, 0.5) is 5.82 Å². The zero-order valence-electron chi connectivity index (χ0n) is 15.9. The maximum absolute atomic E-state index is 11.6. The molecule has 0 N–H and O–H groups in total. The molecule has 0 saturated heterocycles. The second kappa shape index (κ2) is 8.35. The lowest BCUT2D eigenvalue weighted by molar-refractivity contribution is 0.0600. The fourth-order valence-corrected chi connectivity index (χ4v) is 3.00. The lowest BCUT2D eigenvalue weighted by atomic mass is 10.1. The number of carbonyl (C=O) groups is 1. The van der Waals surface area contributed by atoms with Crippen molar-refractivity contribution in [3.05, 3.63) is 102 Å². The smallest absolute Gasteiger partial charge is 0.337 e. The summed E-state index contributed by atoms with van der Waals surface area (Å²) in [6.45, 7) is 0. The molecule has 0 aliphatic rings. The van der Waals surface area contributed by atoms with Crippen molar-refractivity contribution >= 4 is 18.0 Å². The van der Waals surface area contributed by atoms with E-state index in [-0.39, 0.29) is 5.97 Å². The van der Waals surface area contributed by atoms with Gasteiger partial charge in [0.2, 0.25) is 0 Å². The van der Waals surface area contributed by atoms with E-state index in [0.29, 0.717) is 5.56 Å². The maximum Gasteiger partial charge on any atom is 0.337 e. The standard InChI is InChI=1S/C24H19N3O2/c1-29-24(28)20-14-12-18(13-15-20)16-25-23-22(19-8-4-2-5-9-19)17-26-27(23)21-10-6-3-7-11-21/h2-17H,1H3/b25-16+. The number of hydrogen-bond acceptors (Lipinski definition) is 4. The van der Waals surface area contributed by atoms with Crippen LogP contribution < -0.4 is 0 Å². The summed E-state index contributed by atoms with van der Waals surface area (Å²) in [5, 5.41) is 4.57. The molecule has 0 aliphatic carbocycles. The van der Waals surface area contributed by atoms with Crippen molar-refractivity contribution in [2.45, 2.75) is 0 Å². The quantitative estimate of drug-likeness (QED) is 0.358. The molecule has 4 aromatic rings. The van der Waals surface area contributed by atoms with Crippen LogP contribution in [0.2, 0.25) is 0 Å². The number of rotatable bonds is 5. The number of ether oxygens (including phenoxy) is 1. The molecule has 0 spiro atoms. The van der Waals surface area contributed by atoms with Crippen LogP contribution in [0.3, 0.4) is 0 Å². The second-order valence-corrected chi connectivity index (χ2v) is 6.37. The van der Waals surface area contributed by atoms with Crippen LogP contribution >= 0.6 is 0 Å². The minimum absolute atomic E-state index is 0.359. The topological polar surface area (TPSA) is 56.5 Å². The van der Waals surface area contributed by atoms with Gasteiger partial charge in [-0.15, -0.1) is 0 Å². The van der Waals surface area contributed by atoms with E-state index >= 15 is 0 Å². The molecule has 0 radical (unpaired) electrons. The van der Waals surface area contributed by atoms with Gasteiger partial charge in [0.25, 0.3) is 0 Å². The fraction of sp³-hybridized carbons (Fsp3) is 0.0417. The van der Waals surface area contributed by atoms with Gasteiger partial charge in [0.1, 0.15) is 0 Å². The van der Waals surface area contributed by atoms with Gasteiger partial charge in [0.05, 0.1) is 24.6 Å². The Bertz CT molecular complexity index is 1070. The molecule has 0 unspecified atom stereocenters. The summed E-state index contributed by atoms with van der Waals surface area (Å²) < 4.78 is 6.56. The molecule has 0 atom stereocenters. The Balaban J connectivity index is 1.74. The van der Waals surface area contributed by atoms with E-state index in [1.807, 2.05) is 83.7 Å². The predicted molar refractivity (Wildman–Crippen MR) is 114 cm³/mol. The Kier molecular flexibility index (Phi) is 5.29. The third-order valence-electron chi connectivity index (χ3n) is 4.50. The third kappa shape index (κ3) is 3.99. The van der Waals surface area contributed by atoms with Crippen LogP contribution in [0, 0.1) is 0 Å². The van der Waals surface area contributed by atoms with E-state index in [9.17, 15) is 4.79 Å². The number of methoxy groups -OCH3 is 1. The number of esters is 1. The van der Waals surface area contributed by atoms with Crippen LogP contribution in [0.25, 0.3) is 16.8 Å². The lowest BCUT2D eigenvalue weighted by Crippen LogP contribution is -2.00. The van der Waals surface area contributed by atoms with E-state index in [4.69, 9.17) is 9.73 Å². The largest absolute Gasteiger partial charge is 0.465 e. The third-order valence-corrected chi connectivity index (χ3v) is 4.50. The molecule has 5 heteroatoms. The van der Waals surface area contributed by atoms with Crippen molar-refractivity contribution in [2.75, 3.05) is 7.11 Å². The van der Waals surface area contributed by atoms with E-state index in [2.05, 4.69) is 5.10 Å². The molecule has 0 bridgehead atoms. The van der Waals surface area contributed by atoms with Crippen molar-refractivity contribution in [1.29, 1.82) is 0 Å². The summed E-state index contributed by atoms with van der Waals surface area (Å²) in [4.78, 5) is 16.3. The van der Waals surface area contributed by atoms with E-state index < -0.39 is 0 Å². The predicted octanol–water partition coefficient (Wildman–Crippen LogP) is 5.08. The number of carbonyl (C=O) groups excluding carboxylic acids is 1. The maximum atomic E-state index is 11.6. The van der Waals surface area contributed by atoms with Gasteiger partial charge in [-0.2, -0.15) is 5.10 Å². The van der Waals surface area contributed by atoms with E-state index in [1.54, 1.807) is 18.3 Å². The first-order valence-electron chi connectivity index (χ1n) is 9.17. The van der Waals surface area contributed by atoms with Crippen molar-refractivity contribution in [1.82, 2.24) is 9.78 Å². The van der Waals surface area contributed by atoms with Crippen LogP contribution in [-0.2, 0) is 4.74 Å². The minimum atomic E-state index is -0.359. The Hall–Kier alpha value is -3.99. The van der Waals surface area contributed by atoms with Gasteiger partial charge >= 0.3 is 5.97 Å². The molecular weight excluding hydrogens is 362 g/mol. The minimum Gasteiger partial charge on any atom is -0.465 e. The summed E-state index contributed by atoms with van der Waals surface area (Å²) >= 11 is 0. The Morgan fingerprint density at radius 2 is 1.59 bits per heavy atom. The Labute approximate surface area is 168 Å². The average molecular weight is 381 g/mol. The number of para-hydroxylation sites is 1. The number of benzene rings is 3. The molecule has 0 aliphatic heterocycles. The van der Waals surface area contributed by atoms with Gasteiger partial charge in [-0.3, -0.25) is 0 Å². The van der Waals surface area contributed by atoms with Crippen molar-refractivity contribution in [3.63, 3.8) is 0 Å². The van der Waals surface area contributed by atoms with Crippen LogP contribution in [0.15, 0.2) is 96.1 Å². The van der Waals surface area contributed by atoms with Gasteiger partial charge in [-0.25, -0.2) is 14.5 Å². The van der Waals surface area contributed by atoms with Crippen molar-refractivity contribution in [2.24, 2.45) is 4.99 Å². The highest BCUT2D eigenvalue weighted by molar-refractivity contribution is 5.91. The van der Waals surface area contributed by atoms with E-state index in [1.165, 1.54) is 7.11 Å². The van der Waals surface area contributed by atoms with E-state index in [0.717, 1.165) is 28.2 Å². The lowest BCUT2D eigenvalue weighted by Gasteiger charge is -2.06. The molecule has 1 heterocycles. The molecule has 29 heavy (non-hydrogen) atoms. The monoisotopic (exact) mass is 381 g/mol. The highest BCUT2D eigenvalue weighted by Crippen LogP contribution is 2.32. The second-order valence-electron chi connectivity index (χ2n) is 6.37. The van der Waals surface area contributed by atoms with Gasteiger partial charge in [-0.05, 0) is 35.4 Å². The summed E-state index contributed by atoms with van der Waals surface area (Å²) in [6.07, 6.45) is 3.60. The normalized spacial score (nSPS) is 10.9. The highest BCUT2D eigenvalue weighted by atomic mass is 16.5. The molecular formula is C24H19N3O2. The van der Waals surface area contributed by atoms with Gasteiger partial charge in [0, 0.05) is 11.8 Å². The first-order valence-corrected chi connectivity index (χ1v) is 9.17. The molecule has 5 nitrogen and oxygen atoms in total. The molecule has 0 saturated carbocycles. The highest BCUT2D eigenvalue weighted by Gasteiger charge is 2.13. The summed E-state index contributed by atoms with van der Waals surface area (Å²) in [6, 6.07) is 27.1. The van der Waals surface area contributed by atoms with Gasteiger partial charge < -0.3 is 4.74 Å². The molecule has 4 rings (SSSR count). The van der Waals surface area contributed by atoms with Crippen molar-refractivity contribution < 1.29 is 9.53 Å². The summed E-state index contributed by atoms with van der Waals surface area (Å²) in [7, 11) is 1.37.